The molecule has 1 aliphatic rings. The molecule has 0 atom stereocenters. The van der Waals surface area contributed by atoms with Crippen molar-refractivity contribution >= 4 is 22.5 Å². The van der Waals surface area contributed by atoms with E-state index in [0.29, 0.717) is 6.54 Å². The zero-order chi connectivity index (χ0) is 10.8. The molecule has 0 saturated carbocycles. The zero-order valence-electron chi connectivity index (χ0n) is 8.73. The summed E-state index contributed by atoms with van der Waals surface area (Å²) in [6, 6.07) is 0.0659. The van der Waals surface area contributed by atoms with Gasteiger partial charge in [0.2, 0.25) is 5.13 Å². The first-order valence-electron chi connectivity index (χ1n) is 4.71. The van der Waals surface area contributed by atoms with Crippen molar-refractivity contribution in [2.75, 3.05) is 32.5 Å². The van der Waals surface area contributed by atoms with Crippen LogP contribution in [0.15, 0.2) is 0 Å². The molecule has 6 nitrogen and oxygen atoms in total. The maximum absolute atomic E-state index is 11.6. The van der Waals surface area contributed by atoms with E-state index >= 15 is 0 Å². The highest BCUT2D eigenvalue weighted by Gasteiger charge is 2.26. The third-order valence-corrected chi connectivity index (χ3v) is 3.23. The van der Waals surface area contributed by atoms with Gasteiger partial charge >= 0.3 is 6.03 Å². The topological polar surface area (TPSA) is 61.4 Å². The number of rotatable bonds is 3. The van der Waals surface area contributed by atoms with Crippen molar-refractivity contribution in [1.82, 2.24) is 20.0 Å². The Labute approximate surface area is 91.9 Å². The maximum Gasteiger partial charge on any atom is 0.320 e. The molecule has 0 unspecified atom stereocenters. The van der Waals surface area contributed by atoms with Gasteiger partial charge in [-0.25, -0.2) is 4.79 Å². The molecule has 0 spiro atoms. The summed E-state index contributed by atoms with van der Waals surface area (Å²) in [7, 11) is 3.61. The Hall–Kier alpha value is -1.37. The monoisotopic (exact) mass is 227 g/mol. The van der Waals surface area contributed by atoms with E-state index in [2.05, 4.69) is 15.5 Å². The molecule has 1 aromatic rings. The highest BCUT2D eigenvalue weighted by atomic mass is 32.1. The number of anilines is 1. The predicted octanol–water partition coefficient (Wildman–Crippen LogP) is 0.447. The molecule has 0 aliphatic carbocycles. The maximum atomic E-state index is 11.6. The number of amides is 2. The average molecular weight is 227 g/mol. The lowest BCUT2D eigenvalue weighted by molar-refractivity contribution is 0.197. The molecule has 1 saturated heterocycles. The highest BCUT2D eigenvalue weighted by Crippen LogP contribution is 2.18. The van der Waals surface area contributed by atoms with E-state index < -0.39 is 0 Å². The van der Waals surface area contributed by atoms with E-state index in [-0.39, 0.29) is 6.03 Å². The van der Waals surface area contributed by atoms with Gasteiger partial charge in [0, 0.05) is 27.2 Å². The number of likely N-dealkylation sites (N-methyl/N-ethyl adjacent to an activating group) is 1. The van der Waals surface area contributed by atoms with Crippen molar-refractivity contribution in [2.45, 2.75) is 6.54 Å². The van der Waals surface area contributed by atoms with Crippen LogP contribution in [0.4, 0.5) is 9.93 Å². The molecule has 0 radical (unpaired) electrons. The number of carbonyl (C=O) groups excluding carboxylic acids is 1. The molecule has 0 bridgehead atoms. The standard InChI is InChI=1S/C8H13N5OS/c1-9-7-11-10-6(15-7)5-13-4-3-12(2)8(13)14/h3-5H2,1-2H3,(H,9,11). The Morgan fingerprint density at radius 2 is 2.27 bits per heavy atom. The zero-order valence-corrected chi connectivity index (χ0v) is 9.54. The predicted molar refractivity (Wildman–Crippen MR) is 57.9 cm³/mol. The first-order valence-corrected chi connectivity index (χ1v) is 5.52. The number of nitrogens with one attached hydrogen (secondary N) is 1. The fourth-order valence-corrected chi connectivity index (χ4v) is 2.14. The van der Waals surface area contributed by atoms with Gasteiger partial charge in [-0.05, 0) is 0 Å². The first kappa shape index (κ1) is 10.2. The Morgan fingerprint density at radius 3 is 2.80 bits per heavy atom. The van der Waals surface area contributed by atoms with E-state index in [1.165, 1.54) is 11.3 Å². The first-order chi connectivity index (χ1) is 7.20. The minimum atomic E-state index is 0.0659. The van der Waals surface area contributed by atoms with E-state index in [9.17, 15) is 4.79 Å². The third kappa shape index (κ3) is 2.01. The van der Waals surface area contributed by atoms with Crippen LogP contribution in [-0.2, 0) is 6.54 Å². The van der Waals surface area contributed by atoms with Crippen molar-refractivity contribution in [3.05, 3.63) is 5.01 Å². The average Bonchev–Trinajstić information content (AvgIpc) is 2.80. The van der Waals surface area contributed by atoms with Crippen LogP contribution >= 0.6 is 11.3 Å². The quantitative estimate of drug-likeness (QED) is 0.814. The smallest absolute Gasteiger partial charge is 0.320 e. The van der Waals surface area contributed by atoms with Gasteiger partial charge in [-0.2, -0.15) is 0 Å². The van der Waals surface area contributed by atoms with Crippen molar-refractivity contribution in [3.63, 3.8) is 0 Å². The lowest BCUT2D eigenvalue weighted by atomic mass is 10.5. The van der Waals surface area contributed by atoms with Gasteiger partial charge in [0.1, 0.15) is 5.01 Å². The fraction of sp³-hybridized carbons (Fsp3) is 0.625. The minimum absolute atomic E-state index is 0.0659. The van der Waals surface area contributed by atoms with Crippen molar-refractivity contribution in [1.29, 1.82) is 0 Å². The second-order valence-electron chi connectivity index (χ2n) is 3.38. The summed E-state index contributed by atoms with van der Waals surface area (Å²) in [6.45, 7) is 2.11. The van der Waals surface area contributed by atoms with E-state index in [1.807, 2.05) is 7.05 Å². The molecule has 2 rings (SSSR count). The number of hydrogen-bond acceptors (Lipinski definition) is 5. The van der Waals surface area contributed by atoms with Crippen molar-refractivity contribution < 1.29 is 4.79 Å². The Kier molecular flexibility index (Phi) is 2.72. The van der Waals surface area contributed by atoms with Crippen molar-refractivity contribution in [3.8, 4) is 0 Å². The van der Waals surface area contributed by atoms with Gasteiger partial charge in [-0.15, -0.1) is 10.2 Å². The summed E-state index contributed by atoms with van der Waals surface area (Å²) >= 11 is 1.48. The van der Waals surface area contributed by atoms with Gasteiger partial charge in [0.25, 0.3) is 0 Å². The lowest BCUT2D eigenvalue weighted by Gasteiger charge is -2.13. The summed E-state index contributed by atoms with van der Waals surface area (Å²) < 4.78 is 0. The molecule has 1 aliphatic heterocycles. The summed E-state index contributed by atoms with van der Waals surface area (Å²) in [4.78, 5) is 15.1. The highest BCUT2D eigenvalue weighted by molar-refractivity contribution is 7.15. The van der Waals surface area contributed by atoms with Crippen LogP contribution in [-0.4, -0.2) is 53.2 Å². The number of aromatic nitrogens is 2. The van der Waals surface area contributed by atoms with Crippen molar-refractivity contribution in [2.24, 2.45) is 0 Å². The second-order valence-corrected chi connectivity index (χ2v) is 4.44. The molecular weight excluding hydrogens is 214 g/mol. The Balaban J connectivity index is 2.00. The van der Waals surface area contributed by atoms with Crippen LogP contribution in [0.25, 0.3) is 0 Å². The minimum Gasteiger partial charge on any atom is -0.363 e. The van der Waals surface area contributed by atoms with E-state index in [1.54, 1.807) is 16.8 Å². The van der Waals surface area contributed by atoms with Gasteiger partial charge in [0.15, 0.2) is 0 Å². The number of carbonyl (C=O) groups is 1. The lowest BCUT2D eigenvalue weighted by Crippen LogP contribution is -2.28. The van der Waals surface area contributed by atoms with Gasteiger partial charge in [-0.1, -0.05) is 11.3 Å². The van der Waals surface area contributed by atoms with Crippen LogP contribution in [0.1, 0.15) is 5.01 Å². The summed E-state index contributed by atoms with van der Waals surface area (Å²) in [6.07, 6.45) is 0. The molecule has 1 aromatic heterocycles. The van der Waals surface area contributed by atoms with Crippen LogP contribution in [0.3, 0.4) is 0 Å². The summed E-state index contributed by atoms with van der Waals surface area (Å²) in [5.41, 5.74) is 0. The van der Waals surface area contributed by atoms with Crippen LogP contribution < -0.4 is 5.32 Å². The Morgan fingerprint density at radius 1 is 1.47 bits per heavy atom. The molecule has 2 amide bonds. The molecule has 1 N–H and O–H groups in total. The number of hydrogen-bond donors (Lipinski definition) is 1. The molecule has 7 heteroatoms. The van der Waals surface area contributed by atoms with Crippen LogP contribution in [0.5, 0.6) is 0 Å². The molecule has 1 fully saturated rings. The molecule has 82 valence electrons. The summed E-state index contributed by atoms with van der Waals surface area (Å²) in [5.74, 6) is 0. The number of nitrogens with zero attached hydrogens (tertiary/aromatic N) is 4. The van der Waals surface area contributed by atoms with Gasteiger partial charge in [-0.3, -0.25) is 0 Å². The molecule has 0 aromatic carbocycles. The SMILES string of the molecule is CNc1nnc(CN2CCN(C)C2=O)s1. The van der Waals surface area contributed by atoms with Crippen LogP contribution in [0, 0.1) is 0 Å². The van der Waals surface area contributed by atoms with E-state index in [0.717, 1.165) is 23.2 Å². The molecular formula is C8H13N5OS. The second kappa shape index (κ2) is 4.01. The van der Waals surface area contributed by atoms with Gasteiger partial charge < -0.3 is 15.1 Å². The number of urea groups is 1. The van der Waals surface area contributed by atoms with Crippen LogP contribution in [0.2, 0.25) is 0 Å². The largest absolute Gasteiger partial charge is 0.363 e. The summed E-state index contributed by atoms with van der Waals surface area (Å²) in [5, 5.41) is 12.5. The van der Waals surface area contributed by atoms with E-state index in [4.69, 9.17) is 0 Å². The third-order valence-electron chi connectivity index (χ3n) is 2.31. The normalized spacial score (nSPS) is 16.3. The molecule has 2 heterocycles. The Bertz CT molecular complexity index is 366. The van der Waals surface area contributed by atoms with Gasteiger partial charge in [0.05, 0.1) is 6.54 Å². The molecule has 15 heavy (non-hydrogen) atoms. The fourth-order valence-electron chi connectivity index (χ4n) is 1.43.